The quantitative estimate of drug-likeness (QED) is 0.529. The molecule has 3 heterocycles. The number of fused-ring (bicyclic) bond motifs is 3. The summed E-state index contributed by atoms with van der Waals surface area (Å²) in [6.07, 6.45) is 1.43. The molecule has 1 amide bonds. The maximum absolute atomic E-state index is 13.4. The van der Waals surface area contributed by atoms with Crippen LogP contribution in [0, 0.1) is 6.92 Å². The van der Waals surface area contributed by atoms with Gasteiger partial charge in [-0.3, -0.25) is 9.59 Å². The van der Waals surface area contributed by atoms with Crippen LogP contribution in [0.4, 0.5) is 0 Å². The van der Waals surface area contributed by atoms with Gasteiger partial charge in [-0.1, -0.05) is 32.0 Å². The zero-order valence-corrected chi connectivity index (χ0v) is 20.1. The Morgan fingerprint density at radius 2 is 1.88 bits per heavy atom. The normalized spacial score (nSPS) is 16.6. The van der Waals surface area contributed by atoms with E-state index in [1.54, 1.807) is 11.3 Å². The number of aromatic nitrogens is 2. The number of rotatable bonds is 8. The number of likely N-dealkylation sites (N-methyl/N-ethyl adjacent to an activating group) is 1. The van der Waals surface area contributed by atoms with E-state index in [1.165, 1.54) is 4.68 Å². The van der Waals surface area contributed by atoms with E-state index in [0.717, 1.165) is 66.2 Å². The predicted octanol–water partition coefficient (Wildman–Crippen LogP) is 3.01. The third-order valence-corrected chi connectivity index (χ3v) is 7.73. The number of piperazine rings is 1. The number of thiophene rings is 1. The first-order chi connectivity index (χ1) is 15.5. The maximum Gasteiger partial charge on any atom is 0.276 e. The molecule has 1 aliphatic heterocycles. The van der Waals surface area contributed by atoms with Gasteiger partial charge in [-0.15, -0.1) is 11.3 Å². The smallest absolute Gasteiger partial charge is 0.276 e. The number of hydrogen-bond donors (Lipinski definition) is 1. The number of benzene rings is 1. The van der Waals surface area contributed by atoms with Gasteiger partial charge in [0, 0.05) is 42.8 Å². The number of nitrogens with one attached hydrogen (secondary N) is 1. The first-order valence-electron chi connectivity index (χ1n) is 11.7. The lowest BCUT2D eigenvalue weighted by atomic mass is 10.1. The summed E-state index contributed by atoms with van der Waals surface area (Å²) in [5.41, 5.74) is 0.608. The topological polar surface area (TPSA) is 70.5 Å². The Balaban J connectivity index is 1.44. The number of carbonyl (C=O) groups is 1. The van der Waals surface area contributed by atoms with E-state index in [2.05, 4.69) is 27.1 Å². The van der Waals surface area contributed by atoms with Gasteiger partial charge in [-0.25, -0.2) is 4.68 Å². The average Bonchev–Trinajstić information content (AvgIpc) is 3.21. The third-order valence-electron chi connectivity index (χ3n) is 6.45. The molecule has 0 radical (unpaired) electrons. The molecule has 0 spiro atoms. The van der Waals surface area contributed by atoms with Crippen molar-refractivity contribution < 1.29 is 4.79 Å². The summed E-state index contributed by atoms with van der Waals surface area (Å²) in [6, 6.07) is 7.32. The number of aryl methyl sites for hydroxylation is 1. The van der Waals surface area contributed by atoms with E-state index in [4.69, 9.17) is 0 Å². The second-order valence-electron chi connectivity index (χ2n) is 8.48. The van der Waals surface area contributed by atoms with E-state index in [-0.39, 0.29) is 11.5 Å². The van der Waals surface area contributed by atoms with Crippen molar-refractivity contribution in [2.24, 2.45) is 0 Å². The zero-order chi connectivity index (χ0) is 22.7. The summed E-state index contributed by atoms with van der Waals surface area (Å²) in [4.78, 5) is 31.3. The van der Waals surface area contributed by atoms with Gasteiger partial charge < -0.3 is 15.1 Å². The molecule has 1 atom stereocenters. The van der Waals surface area contributed by atoms with Gasteiger partial charge in [-0.2, -0.15) is 5.10 Å². The maximum atomic E-state index is 13.4. The van der Waals surface area contributed by atoms with Gasteiger partial charge in [0.15, 0.2) is 0 Å². The molecule has 2 aromatic heterocycles. The molecule has 32 heavy (non-hydrogen) atoms. The number of carbonyl (C=O) groups excluding carboxylic acids is 1. The van der Waals surface area contributed by atoms with Crippen LogP contribution in [0.3, 0.4) is 0 Å². The van der Waals surface area contributed by atoms with Gasteiger partial charge in [0.1, 0.15) is 6.04 Å². The summed E-state index contributed by atoms with van der Waals surface area (Å²) in [6.45, 7) is 13.2. The SMILES string of the molecule is CC[C@@H](C(=O)NCCCN1CCN(CC)CC1)n1nc(C)c2sc3ccccc3c2c1=O. The molecule has 0 unspecified atom stereocenters. The van der Waals surface area contributed by atoms with E-state index < -0.39 is 6.04 Å². The lowest BCUT2D eigenvalue weighted by Crippen LogP contribution is -2.46. The van der Waals surface area contributed by atoms with Crippen LogP contribution in [0.2, 0.25) is 0 Å². The van der Waals surface area contributed by atoms with Crippen LogP contribution in [-0.4, -0.2) is 71.3 Å². The van der Waals surface area contributed by atoms with Crippen molar-refractivity contribution in [2.75, 3.05) is 45.8 Å². The van der Waals surface area contributed by atoms with Crippen LogP contribution in [0.1, 0.15) is 38.4 Å². The molecule has 3 aromatic rings. The molecule has 0 saturated carbocycles. The summed E-state index contributed by atoms with van der Waals surface area (Å²) < 4.78 is 3.38. The third kappa shape index (κ3) is 4.58. The minimum absolute atomic E-state index is 0.129. The molecule has 0 bridgehead atoms. The van der Waals surface area contributed by atoms with Crippen LogP contribution in [0.5, 0.6) is 0 Å². The summed E-state index contributed by atoms with van der Waals surface area (Å²) in [5, 5.41) is 9.21. The highest BCUT2D eigenvalue weighted by molar-refractivity contribution is 7.26. The number of amides is 1. The van der Waals surface area contributed by atoms with Gasteiger partial charge >= 0.3 is 0 Å². The minimum atomic E-state index is -0.600. The van der Waals surface area contributed by atoms with E-state index in [1.807, 2.05) is 38.1 Å². The van der Waals surface area contributed by atoms with Crippen LogP contribution in [0.15, 0.2) is 29.1 Å². The molecule has 1 saturated heterocycles. The highest BCUT2D eigenvalue weighted by Crippen LogP contribution is 2.33. The van der Waals surface area contributed by atoms with Crippen LogP contribution < -0.4 is 10.9 Å². The minimum Gasteiger partial charge on any atom is -0.354 e. The molecule has 172 valence electrons. The van der Waals surface area contributed by atoms with Crippen molar-refractivity contribution in [3.05, 3.63) is 40.3 Å². The second-order valence-corrected chi connectivity index (χ2v) is 9.53. The van der Waals surface area contributed by atoms with Crippen LogP contribution >= 0.6 is 11.3 Å². The van der Waals surface area contributed by atoms with Crippen molar-refractivity contribution in [2.45, 2.75) is 39.7 Å². The van der Waals surface area contributed by atoms with Gasteiger partial charge in [-0.05, 0) is 38.9 Å². The molecule has 1 aliphatic rings. The molecular formula is C24H33N5O2S. The second kappa shape index (κ2) is 10.1. The monoisotopic (exact) mass is 455 g/mol. The Labute approximate surface area is 193 Å². The Kier molecular flexibility index (Phi) is 7.23. The molecule has 7 nitrogen and oxygen atoms in total. The summed E-state index contributed by atoms with van der Waals surface area (Å²) in [5.74, 6) is -0.129. The molecule has 0 aliphatic carbocycles. The van der Waals surface area contributed by atoms with Crippen molar-refractivity contribution in [1.82, 2.24) is 24.9 Å². The molecule has 4 rings (SSSR count). The molecule has 8 heteroatoms. The first kappa shape index (κ1) is 22.9. The first-order valence-corrected chi connectivity index (χ1v) is 12.5. The van der Waals surface area contributed by atoms with Gasteiger partial charge in [0.05, 0.1) is 15.8 Å². The van der Waals surface area contributed by atoms with Gasteiger partial charge in [0.2, 0.25) is 5.91 Å². The lowest BCUT2D eigenvalue weighted by molar-refractivity contribution is -0.124. The molecule has 1 aromatic carbocycles. The van der Waals surface area contributed by atoms with Crippen molar-refractivity contribution >= 4 is 37.4 Å². The highest BCUT2D eigenvalue weighted by Gasteiger charge is 2.24. The largest absolute Gasteiger partial charge is 0.354 e. The Morgan fingerprint density at radius 1 is 1.16 bits per heavy atom. The summed E-state index contributed by atoms with van der Waals surface area (Å²) >= 11 is 1.59. The van der Waals surface area contributed by atoms with Crippen molar-refractivity contribution in [1.29, 1.82) is 0 Å². The lowest BCUT2D eigenvalue weighted by Gasteiger charge is -2.34. The standard InChI is InChI=1S/C24H33N5O2S/c1-4-19(23(30)25-11-8-12-28-15-13-27(5-2)14-16-28)29-24(31)21-18-9-6-7-10-20(18)32-22(21)17(3)26-29/h6-7,9-10,19H,4-5,8,11-16H2,1-3H3,(H,25,30)/t19-/m0/s1. The Morgan fingerprint density at radius 3 is 2.59 bits per heavy atom. The van der Waals surface area contributed by atoms with Crippen LogP contribution in [-0.2, 0) is 4.79 Å². The molecular weight excluding hydrogens is 422 g/mol. The predicted molar refractivity (Wildman–Crippen MR) is 132 cm³/mol. The molecule has 1 fully saturated rings. The average molecular weight is 456 g/mol. The van der Waals surface area contributed by atoms with Crippen molar-refractivity contribution in [3.63, 3.8) is 0 Å². The Hall–Kier alpha value is -2.29. The van der Waals surface area contributed by atoms with Gasteiger partial charge in [0.25, 0.3) is 5.56 Å². The zero-order valence-electron chi connectivity index (χ0n) is 19.3. The fourth-order valence-electron chi connectivity index (χ4n) is 4.52. The van der Waals surface area contributed by atoms with E-state index >= 15 is 0 Å². The summed E-state index contributed by atoms with van der Waals surface area (Å²) in [7, 11) is 0. The van der Waals surface area contributed by atoms with E-state index in [0.29, 0.717) is 18.4 Å². The molecule has 1 N–H and O–H groups in total. The van der Waals surface area contributed by atoms with Crippen molar-refractivity contribution in [3.8, 4) is 0 Å². The fourth-order valence-corrected chi connectivity index (χ4v) is 5.66. The number of nitrogens with zero attached hydrogens (tertiary/aromatic N) is 4. The fraction of sp³-hybridized carbons (Fsp3) is 0.542. The highest BCUT2D eigenvalue weighted by atomic mass is 32.1. The van der Waals surface area contributed by atoms with Crippen LogP contribution in [0.25, 0.3) is 20.2 Å². The Bertz CT molecular complexity index is 1150. The number of hydrogen-bond acceptors (Lipinski definition) is 6. The van der Waals surface area contributed by atoms with E-state index in [9.17, 15) is 9.59 Å².